The predicted molar refractivity (Wildman–Crippen MR) is 87.6 cm³/mol. The molecular weight excluding hydrogens is 320 g/mol. The molecular formula is C16H17ClN2O2S. The molecule has 1 fully saturated rings. The normalized spacial score (nSPS) is 18.5. The minimum Gasteiger partial charge on any atom is -0.370 e. The van der Waals surface area contributed by atoms with Crippen molar-refractivity contribution in [2.75, 3.05) is 19.7 Å². The van der Waals surface area contributed by atoms with Gasteiger partial charge in [0.25, 0.3) is 5.91 Å². The molecule has 1 aliphatic rings. The molecule has 0 aliphatic carbocycles. The monoisotopic (exact) mass is 336 g/mol. The maximum absolute atomic E-state index is 12.7. The van der Waals surface area contributed by atoms with Gasteiger partial charge in [-0.2, -0.15) is 0 Å². The van der Waals surface area contributed by atoms with Crippen LogP contribution in [0.5, 0.6) is 0 Å². The Hall–Kier alpha value is -1.43. The van der Waals surface area contributed by atoms with E-state index in [4.69, 9.17) is 16.3 Å². The average Bonchev–Trinajstić information content (AvgIpc) is 2.86. The largest absolute Gasteiger partial charge is 0.370 e. The summed E-state index contributed by atoms with van der Waals surface area (Å²) in [5.74, 6) is 0.0310. The first-order valence-electron chi connectivity index (χ1n) is 7.15. The highest BCUT2D eigenvalue weighted by Crippen LogP contribution is 2.29. The summed E-state index contributed by atoms with van der Waals surface area (Å²) >= 11 is 7.69. The highest BCUT2D eigenvalue weighted by atomic mass is 35.5. The molecule has 2 heterocycles. The lowest BCUT2D eigenvalue weighted by molar-refractivity contribution is -0.0226. The first-order valence-corrected chi connectivity index (χ1v) is 8.35. The molecule has 1 aliphatic heterocycles. The second kappa shape index (κ2) is 6.36. The number of hydrogen-bond acceptors (Lipinski definition) is 4. The molecule has 0 spiro atoms. The number of ether oxygens (including phenoxy) is 1. The quantitative estimate of drug-likeness (QED) is 0.841. The Morgan fingerprint density at radius 1 is 1.41 bits per heavy atom. The van der Waals surface area contributed by atoms with Crippen LogP contribution in [0.25, 0.3) is 0 Å². The Kier molecular flexibility index (Phi) is 4.47. The van der Waals surface area contributed by atoms with Crippen molar-refractivity contribution < 1.29 is 9.53 Å². The lowest BCUT2D eigenvalue weighted by atomic mass is 10.1. The zero-order valence-electron chi connectivity index (χ0n) is 12.5. The topological polar surface area (TPSA) is 42.4 Å². The highest BCUT2D eigenvalue weighted by molar-refractivity contribution is 7.13. The molecule has 1 aromatic heterocycles. The molecule has 3 rings (SSSR count). The lowest BCUT2D eigenvalue weighted by Crippen LogP contribution is -2.42. The van der Waals surface area contributed by atoms with Crippen LogP contribution in [-0.4, -0.2) is 35.5 Å². The number of aryl methyl sites for hydroxylation is 2. The molecule has 0 bridgehead atoms. The third-order valence-electron chi connectivity index (χ3n) is 3.70. The van der Waals surface area contributed by atoms with Gasteiger partial charge in [0.15, 0.2) is 0 Å². The van der Waals surface area contributed by atoms with E-state index in [0.29, 0.717) is 24.7 Å². The zero-order chi connectivity index (χ0) is 15.7. The Labute approximate surface area is 138 Å². The average molecular weight is 337 g/mol. The van der Waals surface area contributed by atoms with Gasteiger partial charge in [-0.15, -0.1) is 11.3 Å². The number of morpholine rings is 1. The fourth-order valence-electron chi connectivity index (χ4n) is 2.63. The molecule has 0 N–H and O–H groups in total. The first kappa shape index (κ1) is 15.5. The second-order valence-electron chi connectivity index (χ2n) is 5.28. The van der Waals surface area contributed by atoms with E-state index in [-0.39, 0.29) is 12.0 Å². The number of amides is 1. The Balaban J connectivity index is 1.80. The van der Waals surface area contributed by atoms with Gasteiger partial charge < -0.3 is 9.64 Å². The van der Waals surface area contributed by atoms with Gasteiger partial charge in [-0.05, 0) is 19.9 Å². The van der Waals surface area contributed by atoms with E-state index in [1.165, 1.54) is 11.3 Å². The molecule has 1 aromatic carbocycles. The number of thiazole rings is 1. The maximum Gasteiger partial charge on any atom is 0.266 e. The summed E-state index contributed by atoms with van der Waals surface area (Å²) in [6, 6.07) is 7.61. The van der Waals surface area contributed by atoms with Crippen LogP contribution in [0.2, 0.25) is 5.02 Å². The van der Waals surface area contributed by atoms with Crippen molar-refractivity contribution in [3.63, 3.8) is 0 Å². The fourth-order valence-corrected chi connectivity index (χ4v) is 3.78. The number of aromatic nitrogens is 1. The van der Waals surface area contributed by atoms with E-state index in [1.54, 1.807) is 0 Å². The third-order valence-corrected chi connectivity index (χ3v) is 5.11. The van der Waals surface area contributed by atoms with Gasteiger partial charge in [0.2, 0.25) is 0 Å². The molecule has 0 saturated carbocycles. The lowest BCUT2D eigenvalue weighted by Gasteiger charge is -2.33. The molecule has 0 radical (unpaired) electrons. The molecule has 1 amide bonds. The van der Waals surface area contributed by atoms with E-state index < -0.39 is 0 Å². The van der Waals surface area contributed by atoms with Gasteiger partial charge in [0.05, 0.1) is 23.9 Å². The number of carbonyl (C=O) groups is 1. The SMILES string of the molecule is Cc1nc(C)c(C(=O)N2CCOC(c3ccccc3Cl)C2)s1. The second-order valence-corrected chi connectivity index (χ2v) is 6.89. The van der Waals surface area contributed by atoms with Crippen LogP contribution in [0.4, 0.5) is 0 Å². The van der Waals surface area contributed by atoms with Crippen molar-refractivity contribution in [2.45, 2.75) is 20.0 Å². The van der Waals surface area contributed by atoms with E-state index in [2.05, 4.69) is 4.98 Å². The molecule has 2 aromatic rings. The van der Waals surface area contributed by atoms with Crippen LogP contribution in [0.3, 0.4) is 0 Å². The molecule has 4 nitrogen and oxygen atoms in total. The number of nitrogens with zero attached hydrogens (tertiary/aromatic N) is 2. The smallest absolute Gasteiger partial charge is 0.266 e. The maximum atomic E-state index is 12.7. The van der Waals surface area contributed by atoms with E-state index in [9.17, 15) is 4.79 Å². The minimum atomic E-state index is -0.180. The number of rotatable bonds is 2. The summed E-state index contributed by atoms with van der Waals surface area (Å²) < 4.78 is 5.81. The Morgan fingerprint density at radius 3 is 2.86 bits per heavy atom. The summed E-state index contributed by atoms with van der Waals surface area (Å²) in [6.45, 7) is 5.41. The van der Waals surface area contributed by atoms with Crippen molar-refractivity contribution in [3.05, 3.63) is 50.4 Å². The van der Waals surface area contributed by atoms with E-state index in [0.717, 1.165) is 21.1 Å². The molecule has 22 heavy (non-hydrogen) atoms. The summed E-state index contributed by atoms with van der Waals surface area (Å²) in [4.78, 5) is 19.6. The number of benzene rings is 1. The third kappa shape index (κ3) is 3.02. The summed E-state index contributed by atoms with van der Waals surface area (Å²) in [6.07, 6.45) is -0.180. The van der Waals surface area contributed by atoms with Gasteiger partial charge in [0, 0.05) is 17.1 Å². The van der Waals surface area contributed by atoms with Gasteiger partial charge in [0.1, 0.15) is 11.0 Å². The fraction of sp³-hybridized carbons (Fsp3) is 0.375. The zero-order valence-corrected chi connectivity index (χ0v) is 14.1. The van der Waals surface area contributed by atoms with Crippen molar-refractivity contribution in [1.29, 1.82) is 0 Å². The molecule has 1 saturated heterocycles. The number of hydrogen-bond donors (Lipinski definition) is 0. The predicted octanol–water partition coefficient (Wildman–Crippen LogP) is 3.63. The van der Waals surface area contributed by atoms with Crippen LogP contribution in [-0.2, 0) is 4.74 Å². The van der Waals surface area contributed by atoms with Crippen molar-refractivity contribution >= 4 is 28.8 Å². The van der Waals surface area contributed by atoms with E-state index >= 15 is 0 Å². The van der Waals surface area contributed by atoms with Crippen molar-refractivity contribution in [1.82, 2.24) is 9.88 Å². The molecule has 116 valence electrons. The van der Waals surface area contributed by atoms with Crippen molar-refractivity contribution in [3.8, 4) is 0 Å². The number of carbonyl (C=O) groups excluding carboxylic acids is 1. The molecule has 1 atom stereocenters. The van der Waals surface area contributed by atoms with Gasteiger partial charge in [-0.25, -0.2) is 4.98 Å². The van der Waals surface area contributed by atoms with Crippen LogP contribution in [0, 0.1) is 13.8 Å². The van der Waals surface area contributed by atoms with Crippen LogP contribution in [0.15, 0.2) is 24.3 Å². The van der Waals surface area contributed by atoms with Crippen LogP contribution < -0.4 is 0 Å². The van der Waals surface area contributed by atoms with Gasteiger partial charge in [-0.3, -0.25) is 4.79 Å². The van der Waals surface area contributed by atoms with Gasteiger partial charge in [-0.1, -0.05) is 29.8 Å². The minimum absolute atomic E-state index is 0.0310. The Bertz CT molecular complexity index is 701. The summed E-state index contributed by atoms with van der Waals surface area (Å²) in [5, 5.41) is 1.59. The first-order chi connectivity index (χ1) is 10.6. The van der Waals surface area contributed by atoms with Crippen LogP contribution in [0.1, 0.15) is 32.0 Å². The van der Waals surface area contributed by atoms with E-state index in [1.807, 2.05) is 43.0 Å². The summed E-state index contributed by atoms with van der Waals surface area (Å²) in [7, 11) is 0. The summed E-state index contributed by atoms with van der Waals surface area (Å²) in [5.41, 5.74) is 1.73. The van der Waals surface area contributed by atoms with Crippen molar-refractivity contribution in [2.24, 2.45) is 0 Å². The molecule has 6 heteroatoms. The Morgan fingerprint density at radius 2 is 2.18 bits per heavy atom. The van der Waals surface area contributed by atoms with Crippen LogP contribution >= 0.6 is 22.9 Å². The highest BCUT2D eigenvalue weighted by Gasteiger charge is 2.29. The number of halogens is 1. The van der Waals surface area contributed by atoms with Gasteiger partial charge >= 0.3 is 0 Å². The standard InChI is InChI=1S/C16H17ClN2O2S/c1-10-15(22-11(2)18-10)16(20)19-7-8-21-14(9-19)12-5-3-4-6-13(12)17/h3-6,14H,7-9H2,1-2H3. The molecule has 1 unspecified atom stereocenters.